The Morgan fingerprint density at radius 2 is 1.03 bits per heavy atom. The quantitative estimate of drug-likeness (QED) is 0.305. The van der Waals surface area contributed by atoms with E-state index in [-0.39, 0.29) is 0 Å². The monoisotopic (exact) mass is 424 g/mol. The third-order valence-corrected chi connectivity index (χ3v) is 6.12. The van der Waals surface area contributed by atoms with Gasteiger partial charge in [0.1, 0.15) is 11.2 Å². The van der Waals surface area contributed by atoms with Crippen LogP contribution in [0.1, 0.15) is 0 Å². The summed E-state index contributed by atoms with van der Waals surface area (Å²) in [4.78, 5) is 17.9. The highest BCUT2D eigenvalue weighted by Crippen LogP contribution is 2.39. The van der Waals surface area contributed by atoms with Gasteiger partial charge in [-0.1, -0.05) is 24.3 Å². The Hall–Kier alpha value is -4.64. The summed E-state index contributed by atoms with van der Waals surface area (Å²) in [6.45, 7) is 0. The maximum atomic E-state index is 6.54. The number of furan rings is 1. The summed E-state index contributed by atoms with van der Waals surface area (Å²) in [5, 5.41) is 6.32. The number of aromatic nitrogens is 4. The van der Waals surface area contributed by atoms with Crippen LogP contribution in [0.3, 0.4) is 0 Å². The SMILES string of the molecule is c1cc(-c2cc3cnccc3cn2)c2oc3c(-c4cc5cnccc5cn4)cccc3c2c1. The topological polar surface area (TPSA) is 64.7 Å². The van der Waals surface area contributed by atoms with Crippen molar-refractivity contribution < 1.29 is 4.42 Å². The molecular formula is C28H16N4O. The molecular weight excluding hydrogens is 408 g/mol. The highest BCUT2D eigenvalue weighted by molar-refractivity contribution is 6.13. The molecule has 0 unspecified atom stereocenters. The Kier molecular flexibility index (Phi) is 3.78. The molecule has 0 aliphatic carbocycles. The van der Waals surface area contributed by atoms with Gasteiger partial charge in [0.25, 0.3) is 0 Å². The summed E-state index contributed by atoms with van der Waals surface area (Å²) >= 11 is 0. The van der Waals surface area contributed by atoms with Gasteiger partial charge in [0.15, 0.2) is 0 Å². The van der Waals surface area contributed by atoms with Crippen molar-refractivity contribution in [2.24, 2.45) is 0 Å². The average Bonchev–Trinajstić information content (AvgIpc) is 3.27. The molecule has 0 bridgehead atoms. The summed E-state index contributed by atoms with van der Waals surface area (Å²) < 4.78 is 6.54. The number of pyridine rings is 4. The number of para-hydroxylation sites is 2. The maximum Gasteiger partial charge on any atom is 0.144 e. The van der Waals surface area contributed by atoms with Gasteiger partial charge in [-0.15, -0.1) is 0 Å². The Morgan fingerprint density at radius 3 is 1.55 bits per heavy atom. The van der Waals surface area contributed by atoms with Crippen LogP contribution in [0.25, 0.3) is 66.0 Å². The Bertz CT molecular complexity index is 1700. The maximum absolute atomic E-state index is 6.54. The van der Waals surface area contributed by atoms with Crippen molar-refractivity contribution in [2.75, 3.05) is 0 Å². The molecule has 0 fully saturated rings. The molecule has 5 heteroatoms. The number of nitrogens with zero attached hydrogens (tertiary/aromatic N) is 4. The minimum absolute atomic E-state index is 0.818. The van der Waals surface area contributed by atoms with Gasteiger partial charge in [-0.2, -0.15) is 0 Å². The van der Waals surface area contributed by atoms with E-state index in [1.54, 1.807) is 12.4 Å². The normalized spacial score (nSPS) is 11.6. The number of hydrogen-bond donors (Lipinski definition) is 0. The minimum atomic E-state index is 0.818. The number of benzene rings is 2. The van der Waals surface area contributed by atoms with Crippen molar-refractivity contribution in [2.45, 2.75) is 0 Å². The summed E-state index contributed by atoms with van der Waals surface area (Å²) in [5.74, 6) is 0. The highest BCUT2D eigenvalue weighted by atomic mass is 16.3. The molecule has 5 heterocycles. The molecule has 0 aliphatic rings. The van der Waals surface area contributed by atoms with Crippen LogP contribution in [0, 0.1) is 0 Å². The Morgan fingerprint density at radius 1 is 0.515 bits per heavy atom. The second kappa shape index (κ2) is 6.93. The van der Waals surface area contributed by atoms with Crippen molar-refractivity contribution in [3.05, 3.63) is 97.8 Å². The molecule has 0 saturated heterocycles. The molecule has 5 nitrogen and oxygen atoms in total. The zero-order valence-corrected chi connectivity index (χ0v) is 17.4. The van der Waals surface area contributed by atoms with E-state index < -0.39 is 0 Å². The van der Waals surface area contributed by atoms with Gasteiger partial charge in [-0.05, 0) is 36.4 Å². The van der Waals surface area contributed by atoms with Gasteiger partial charge >= 0.3 is 0 Å². The summed E-state index contributed by atoms with van der Waals surface area (Å²) in [7, 11) is 0. The largest absolute Gasteiger partial charge is 0.455 e. The fourth-order valence-corrected chi connectivity index (χ4v) is 4.48. The van der Waals surface area contributed by atoms with E-state index in [1.807, 2.05) is 49.1 Å². The van der Waals surface area contributed by atoms with Crippen molar-refractivity contribution >= 4 is 43.5 Å². The van der Waals surface area contributed by atoms with Crippen LogP contribution in [0.5, 0.6) is 0 Å². The lowest BCUT2D eigenvalue weighted by molar-refractivity contribution is 0.670. The van der Waals surface area contributed by atoms with Gasteiger partial charge in [0.2, 0.25) is 0 Å². The molecule has 0 radical (unpaired) electrons. The fourth-order valence-electron chi connectivity index (χ4n) is 4.48. The second-order valence-electron chi connectivity index (χ2n) is 8.05. The molecule has 0 aliphatic heterocycles. The molecule has 0 spiro atoms. The Balaban J connectivity index is 1.48. The first-order valence-electron chi connectivity index (χ1n) is 10.7. The second-order valence-corrected chi connectivity index (χ2v) is 8.05. The summed E-state index contributed by atoms with van der Waals surface area (Å²) in [6, 6.07) is 20.4. The van der Waals surface area contributed by atoms with E-state index in [0.717, 1.165) is 66.0 Å². The molecule has 7 rings (SSSR count). The molecule has 5 aromatic heterocycles. The van der Waals surface area contributed by atoms with Gasteiger partial charge < -0.3 is 4.42 Å². The van der Waals surface area contributed by atoms with Crippen LogP contribution >= 0.6 is 0 Å². The van der Waals surface area contributed by atoms with E-state index in [2.05, 4.69) is 46.4 Å². The first-order chi connectivity index (χ1) is 16.3. The number of hydrogen-bond acceptors (Lipinski definition) is 5. The molecule has 0 N–H and O–H groups in total. The van der Waals surface area contributed by atoms with Crippen LogP contribution in [0.15, 0.2) is 102 Å². The molecule has 0 atom stereocenters. The van der Waals surface area contributed by atoms with Crippen molar-refractivity contribution in [1.82, 2.24) is 19.9 Å². The predicted molar refractivity (Wildman–Crippen MR) is 131 cm³/mol. The molecule has 0 amide bonds. The zero-order chi connectivity index (χ0) is 21.8. The van der Waals surface area contributed by atoms with Crippen LogP contribution in [-0.4, -0.2) is 19.9 Å². The van der Waals surface area contributed by atoms with Crippen molar-refractivity contribution in [3.8, 4) is 22.5 Å². The lowest BCUT2D eigenvalue weighted by Gasteiger charge is -2.04. The highest BCUT2D eigenvalue weighted by Gasteiger charge is 2.17. The van der Waals surface area contributed by atoms with Crippen molar-refractivity contribution in [1.29, 1.82) is 0 Å². The third-order valence-electron chi connectivity index (χ3n) is 6.12. The first kappa shape index (κ1) is 18.0. The standard InChI is InChI=1S/C28H16N4O/c1-3-21-22-4-2-6-24(26-12-20-14-30-10-8-18(20)16-32-26)28(22)33-27(21)23(5-1)25-11-19-13-29-9-7-17(19)15-31-25/h1-16H. The molecule has 2 aromatic carbocycles. The zero-order valence-electron chi connectivity index (χ0n) is 17.4. The summed E-state index contributed by atoms with van der Waals surface area (Å²) in [6.07, 6.45) is 11.0. The minimum Gasteiger partial charge on any atom is -0.455 e. The lowest BCUT2D eigenvalue weighted by atomic mass is 10.0. The predicted octanol–water partition coefficient (Wildman–Crippen LogP) is 6.81. The van der Waals surface area contributed by atoms with Crippen LogP contribution in [-0.2, 0) is 0 Å². The van der Waals surface area contributed by atoms with Gasteiger partial charge in [-0.3, -0.25) is 19.9 Å². The van der Waals surface area contributed by atoms with Crippen LogP contribution in [0.4, 0.5) is 0 Å². The third kappa shape index (κ3) is 2.79. The van der Waals surface area contributed by atoms with Crippen LogP contribution in [0.2, 0.25) is 0 Å². The molecule has 154 valence electrons. The van der Waals surface area contributed by atoms with E-state index >= 15 is 0 Å². The van der Waals surface area contributed by atoms with Gasteiger partial charge in [0, 0.05) is 80.6 Å². The fraction of sp³-hybridized carbons (Fsp3) is 0. The van der Waals surface area contributed by atoms with E-state index in [0.29, 0.717) is 0 Å². The molecule has 33 heavy (non-hydrogen) atoms. The Labute approximate surface area is 188 Å². The smallest absolute Gasteiger partial charge is 0.144 e. The lowest BCUT2D eigenvalue weighted by Crippen LogP contribution is -1.85. The number of fused-ring (bicyclic) bond motifs is 5. The first-order valence-corrected chi connectivity index (χ1v) is 10.7. The van der Waals surface area contributed by atoms with E-state index in [4.69, 9.17) is 14.4 Å². The van der Waals surface area contributed by atoms with E-state index in [1.165, 1.54) is 0 Å². The molecule has 7 aromatic rings. The van der Waals surface area contributed by atoms with Gasteiger partial charge in [-0.25, -0.2) is 0 Å². The number of rotatable bonds is 2. The van der Waals surface area contributed by atoms with Gasteiger partial charge in [0.05, 0.1) is 11.4 Å². The summed E-state index contributed by atoms with van der Waals surface area (Å²) in [5.41, 5.74) is 5.26. The van der Waals surface area contributed by atoms with E-state index in [9.17, 15) is 0 Å². The average molecular weight is 424 g/mol. The molecule has 0 saturated carbocycles. The van der Waals surface area contributed by atoms with Crippen LogP contribution < -0.4 is 0 Å². The van der Waals surface area contributed by atoms with Crippen molar-refractivity contribution in [3.63, 3.8) is 0 Å².